The Hall–Kier alpha value is -0.860. The van der Waals surface area contributed by atoms with Gasteiger partial charge in [-0.1, -0.05) is 77.1 Å². The second kappa shape index (κ2) is 7.42. The van der Waals surface area contributed by atoms with Crippen molar-refractivity contribution >= 4 is 0 Å². The van der Waals surface area contributed by atoms with Crippen LogP contribution in [0.15, 0.2) is 24.3 Å². The second-order valence-corrected chi connectivity index (χ2v) is 7.67. The predicted molar refractivity (Wildman–Crippen MR) is 91.0 cm³/mol. The van der Waals surface area contributed by atoms with E-state index in [4.69, 9.17) is 5.84 Å². The van der Waals surface area contributed by atoms with Gasteiger partial charge in [0.2, 0.25) is 0 Å². The third kappa shape index (κ3) is 4.82. The maximum atomic E-state index is 5.79. The Morgan fingerprint density at radius 3 is 2.24 bits per heavy atom. The van der Waals surface area contributed by atoms with E-state index in [0.29, 0.717) is 6.04 Å². The molecule has 0 aliphatic heterocycles. The number of rotatable bonds is 5. The van der Waals surface area contributed by atoms with E-state index in [9.17, 15) is 0 Å². The molecule has 1 fully saturated rings. The van der Waals surface area contributed by atoms with Crippen LogP contribution in [0.25, 0.3) is 0 Å². The molecule has 0 saturated heterocycles. The van der Waals surface area contributed by atoms with Crippen LogP contribution < -0.4 is 11.3 Å². The molecular formula is C19H32N2. The third-order valence-corrected chi connectivity index (χ3v) is 4.97. The summed E-state index contributed by atoms with van der Waals surface area (Å²) in [5, 5.41) is 0. The highest BCUT2D eigenvalue weighted by atomic mass is 15.2. The summed E-state index contributed by atoms with van der Waals surface area (Å²) in [5.41, 5.74) is 5.93. The SMILES string of the molecule is CC(C)(C)c1ccc(C(CCC2CCCCC2)NN)cc1. The van der Waals surface area contributed by atoms with Gasteiger partial charge in [0.1, 0.15) is 0 Å². The van der Waals surface area contributed by atoms with Gasteiger partial charge < -0.3 is 0 Å². The van der Waals surface area contributed by atoms with Crippen LogP contribution in [0, 0.1) is 5.92 Å². The monoisotopic (exact) mass is 288 g/mol. The van der Waals surface area contributed by atoms with Crippen molar-refractivity contribution in [1.29, 1.82) is 0 Å². The van der Waals surface area contributed by atoms with Crippen molar-refractivity contribution in [2.75, 3.05) is 0 Å². The lowest BCUT2D eigenvalue weighted by molar-refractivity contribution is 0.315. The minimum Gasteiger partial charge on any atom is -0.271 e. The molecule has 1 aromatic rings. The van der Waals surface area contributed by atoms with E-state index in [-0.39, 0.29) is 5.41 Å². The maximum Gasteiger partial charge on any atom is 0.0460 e. The number of nitrogens with two attached hydrogens (primary N) is 1. The lowest BCUT2D eigenvalue weighted by Crippen LogP contribution is -2.28. The summed E-state index contributed by atoms with van der Waals surface area (Å²) in [5.74, 6) is 6.71. The molecule has 0 amide bonds. The van der Waals surface area contributed by atoms with Gasteiger partial charge in [0.25, 0.3) is 0 Å². The summed E-state index contributed by atoms with van der Waals surface area (Å²) in [7, 11) is 0. The first kappa shape index (κ1) is 16.5. The fraction of sp³-hybridized carbons (Fsp3) is 0.684. The van der Waals surface area contributed by atoms with Gasteiger partial charge in [0, 0.05) is 6.04 Å². The smallest absolute Gasteiger partial charge is 0.0460 e. The summed E-state index contributed by atoms with van der Waals surface area (Å²) in [6.07, 6.45) is 9.56. The van der Waals surface area contributed by atoms with Crippen LogP contribution in [-0.4, -0.2) is 0 Å². The highest BCUT2D eigenvalue weighted by molar-refractivity contribution is 5.29. The van der Waals surface area contributed by atoms with Gasteiger partial charge in [-0.15, -0.1) is 0 Å². The van der Waals surface area contributed by atoms with Crippen LogP contribution in [0.5, 0.6) is 0 Å². The Kier molecular flexibility index (Phi) is 5.83. The molecule has 0 aromatic heterocycles. The van der Waals surface area contributed by atoms with E-state index in [1.165, 1.54) is 49.7 Å². The average Bonchev–Trinajstić information content (AvgIpc) is 2.48. The lowest BCUT2D eigenvalue weighted by atomic mass is 9.83. The van der Waals surface area contributed by atoms with Crippen LogP contribution in [0.3, 0.4) is 0 Å². The highest BCUT2D eigenvalue weighted by Crippen LogP contribution is 2.31. The molecule has 1 atom stereocenters. The van der Waals surface area contributed by atoms with Crippen LogP contribution in [-0.2, 0) is 5.41 Å². The minimum atomic E-state index is 0.215. The molecular weight excluding hydrogens is 256 g/mol. The highest BCUT2D eigenvalue weighted by Gasteiger charge is 2.18. The molecule has 21 heavy (non-hydrogen) atoms. The Balaban J connectivity index is 1.93. The van der Waals surface area contributed by atoms with Crippen molar-refractivity contribution in [3.05, 3.63) is 35.4 Å². The first-order valence-corrected chi connectivity index (χ1v) is 8.57. The molecule has 1 unspecified atom stereocenters. The summed E-state index contributed by atoms with van der Waals surface area (Å²) in [6, 6.07) is 9.28. The summed E-state index contributed by atoms with van der Waals surface area (Å²) in [6.45, 7) is 6.76. The molecule has 1 aliphatic carbocycles. The van der Waals surface area contributed by atoms with Crippen LogP contribution in [0.4, 0.5) is 0 Å². The number of hydrogen-bond donors (Lipinski definition) is 2. The lowest BCUT2D eigenvalue weighted by Gasteiger charge is -2.25. The van der Waals surface area contributed by atoms with Crippen molar-refractivity contribution in [2.24, 2.45) is 11.8 Å². The average molecular weight is 288 g/mol. The number of nitrogens with one attached hydrogen (secondary N) is 1. The number of hydrogen-bond acceptors (Lipinski definition) is 2. The zero-order valence-electron chi connectivity index (χ0n) is 14.0. The molecule has 2 heteroatoms. The Morgan fingerprint density at radius 2 is 1.71 bits per heavy atom. The van der Waals surface area contributed by atoms with Crippen LogP contribution in [0.1, 0.15) is 82.9 Å². The summed E-state index contributed by atoms with van der Waals surface area (Å²) in [4.78, 5) is 0. The summed E-state index contributed by atoms with van der Waals surface area (Å²) < 4.78 is 0. The zero-order valence-corrected chi connectivity index (χ0v) is 14.0. The van der Waals surface area contributed by atoms with Gasteiger partial charge in [-0.05, 0) is 35.3 Å². The Labute approximate surface area is 130 Å². The molecule has 1 saturated carbocycles. The van der Waals surface area contributed by atoms with Gasteiger partial charge in [0.15, 0.2) is 0 Å². The van der Waals surface area contributed by atoms with Crippen molar-refractivity contribution in [3.63, 3.8) is 0 Å². The van der Waals surface area contributed by atoms with E-state index in [1.807, 2.05) is 0 Å². The van der Waals surface area contributed by atoms with Gasteiger partial charge in [0.05, 0.1) is 0 Å². The van der Waals surface area contributed by atoms with Gasteiger partial charge >= 0.3 is 0 Å². The first-order valence-electron chi connectivity index (χ1n) is 8.57. The molecule has 3 N–H and O–H groups in total. The zero-order chi connectivity index (χ0) is 15.3. The predicted octanol–water partition coefficient (Wildman–Crippen LogP) is 4.85. The second-order valence-electron chi connectivity index (χ2n) is 7.67. The number of benzene rings is 1. The largest absolute Gasteiger partial charge is 0.271 e. The van der Waals surface area contributed by atoms with Crippen LogP contribution in [0.2, 0.25) is 0 Å². The van der Waals surface area contributed by atoms with Crippen molar-refractivity contribution in [3.8, 4) is 0 Å². The first-order chi connectivity index (χ1) is 10.0. The quantitative estimate of drug-likeness (QED) is 0.600. The van der Waals surface area contributed by atoms with Crippen molar-refractivity contribution < 1.29 is 0 Å². The molecule has 2 nitrogen and oxygen atoms in total. The van der Waals surface area contributed by atoms with E-state index in [0.717, 1.165) is 12.3 Å². The van der Waals surface area contributed by atoms with E-state index in [2.05, 4.69) is 50.5 Å². The molecule has 0 heterocycles. The topological polar surface area (TPSA) is 38.0 Å². The normalized spacial score (nSPS) is 18.7. The van der Waals surface area contributed by atoms with Gasteiger partial charge in [-0.2, -0.15) is 0 Å². The molecule has 1 aliphatic rings. The fourth-order valence-corrected chi connectivity index (χ4v) is 3.44. The third-order valence-electron chi connectivity index (χ3n) is 4.97. The summed E-state index contributed by atoms with van der Waals surface area (Å²) >= 11 is 0. The molecule has 118 valence electrons. The maximum absolute atomic E-state index is 5.79. The Bertz CT molecular complexity index is 410. The standard InChI is InChI=1S/C19H32N2/c1-19(2,3)17-12-10-16(11-13-17)18(21-20)14-9-15-7-5-4-6-8-15/h10-13,15,18,21H,4-9,14,20H2,1-3H3. The molecule has 1 aromatic carbocycles. The molecule has 0 spiro atoms. The van der Waals surface area contributed by atoms with Crippen molar-refractivity contribution in [1.82, 2.24) is 5.43 Å². The van der Waals surface area contributed by atoms with Gasteiger partial charge in [-0.25, -0.2) is 0 Å². The molecule has 0 radical (unpaired) electrons. The molecule has 2 rings (SSSR count). The van der Waals surface area contributed by atoms with E-state index < -0.39 is 0 Å². The fourth-order valence-electron chi connectivity index (χ4n) is 3.44. The Morgan fingerprint density at radius 1 is 1.10 bits per heavy atom. The van der Waals surface area contributed by atoms with Crippen molar-refractivity contribution in [2.45, 2.75) is 77.2 Å². The molecule has 0 bridgehead atoms. The number of hydrazine groups is 1. The minimum absolute atomic E-state index is 0.215. The van der Waals surface area contributed by atoms with Crippen LogP contribution >= 0.6 is 0 Å². The van der Waals surface area contributed by atoms with E-state index >= 15 is 0 Å². The van der Waals surface area contributed by atoms with E-state index in [1.54, 1.807) is 0 Å². The van der Waals surface area contributed by atoms with Gasteiger partial charge in [-0.3, -0.25) is 11.3 Å².